The number of anilines is 1. The Balaban J connectivity index is 2.09. The van der Waals surface area contributed by atoms with Gasteiger partial charge in [-0.15, -0.1) is 0 Å². The van der Waals surface area contributed by atoms with E-state index in [9.17, 15) is 0 Å². The van der Waals surface area contributed by atoms with Crippen molar-refractivity contribution in [3.8, 4) is 0 Å². The molecule has 118 valence electrons. The van der Waals surface area contributed by atoms with E-state index in [-0.39, 0.29) is 0 Å². The van der Waals surface area contributed by atoms with Crippen molar-refractivity contribution in [3.63, 3.8) is 0 Å². The van der Waals surface area contributed by atoms with Gasteiger partial charge in [0.15, 0.2) is 0 Å². The fourth-order valence-corrected chi connectivity index (χ4v) is 3.40. The molecule has 2 heterocycles. The van der Waals surface area contributed by atoms with Crippen LogP contribution in [-0.2, 0) is 0 Å². The van der Waals surface area contributed by atoms with E-state index in [1.54, 1.807) is 0 Å². The average molecular weight is 290 g/mol. The number of nitrogens with one attached hydrogen (secondary N) is 1. The minimum atomic E-state index is 0.340. The third kappa shape index (κ3) is 3.95. The molecule has 0 saturated carbocycles. The van der Waals surface area contributed by atoms with Gasteiger partial charge in [-0.1, -0.05) is 19.9 Å². The highest BCUT2D eigenvalue weighted by atomic mass is 15.2. The molecule has 1 aromatic rings. The Hall–Kier alpha value is -1.13. The Morgan fingerprint density at radius 3 is 3.00 bits per heavy atom. The van der Waals surface area contributed by atoms with Gasteiger partial charge in [-0.2, -0.15) is 0 Å². The molecule has 0 bridgehead atoms. The van der Waals surface area contributed by atoms with Crippen LogP contribution in [0.15, 0.2) is 18.3 Å². The summed E-state index contributed by atoms with van der Waals surface area (Å²) < 4.78 is 0. The van der Waals surface area contributed by atoms with Crippen LogP contribution in [0.25, 0.3) is 0 Å². The maximum absolute atomic E-state index is 4.64. The van der Waals surface area contributed by atoms with Crippen molar-refractivity contribution >= 4 is 5.82 Å². The van der Waals surface area contributed by atoms with Crippen molar-refractivity contribution in [2.24, 2.45) is 0 Å². The summed E-state index contributed by atoms with van der Waals surface area (Å²) >= 11 is 0. The molecule has 2 unspecified atom stereocenters. The Morgan fingerprint density at radius 1 is 1.48 bits per heavy atom. The van der Waals surface area contributed by atoms with Gasteiger partial charge in [0, 0.05) is 37.4 Å². The highest BCUT2D eigenvalue weighted by molar-refractivity contribution is 5.47. The smallest absolute Gasteiger partial charge is 0.133 e. The predicted molar refractivity (Wildman–Crippen MR) is 89.9 cm³/mol. The second kappa shape index (κ2) is 7.76. The van der Waals surface area contributed by atoms with Crippen LogP contribution in [-0.4, -0.2) is 49.2 Å². The zero-order valence-corrected chi connectivity index (χ0v) is 14.0. The van der Waals surface area contributed by atoms with Crippen molar-refractivity contribution < 1.29 is 0 Å². The van der Waals surface area contributed by atoms with E-state index in [1.807, 2.05) is 12.3 Å². The molecule has 0 spiro atoms. The standard InChI is InChI=1S/C17H30N4/c1-5-18-14(3)16-10-7-11-19-17(16)20(4)13-15-9-8-12-21(15)6-2/h7,10-11,14-15,18H,5-6,8-9,12-13H2,1-4H3. The summed E-state index contributed by atoms with van der Waals surface area (Å²) in [4.78, 5) is 9.57. The third-order valence-electron chi connectivity index (χ3n) is 4.55. The second-order valence-electron chi connectivity index (χ2n) is 6.00. The second-order valence-corrected chi connectivity index (χ2v) is 6.00. The van der Waals surface area contributed by atoms with Gasteiger partial charge in [-0.3, -0.25) is 4.90 Å². The van der Waals surface area contributed by atoms with Gasteiger partial charge in [0.05, 0.1) is 0 Å². The number of likely N-dealkylation sites (tertiary alicyclic amines) is 1. The van der Waals surface area contributed by atoms with Gasteiger partial charge in [0.2, 0.25) is 0 Å². The van der Waals surface area contributed by atoms with Crippen molar-refractivity contribution in [1.82, 2.24) is 15.2 Å². The lowest BCUT2D eigenvalue weighted by atomic mass is 10.1. The van der Waals surface area contributed by atoms with Crippen molar-refractivity contribution in [2.75, 3.05) is 38.1 Å². The number of hydrogen-bond donors (Lipinski definition) is 1. The Kier molecular flexibility index (Phi) is 6.00. The molecule has 1 saturated heterocycles. The maximum Gasteiger partial charge on any atom is 0.133 e. The van der Waals surface area contributed by atoms with Crippen LogP contribution in [0, 0.1) is 0 Å². The largest absolute Gasteiger partial charge is 0.358 e. The molecule has 1 N–H and O–H groups in total. The SMILES string of the molecule is CCNC(C)c1cccnc1N(C)CC1CCCN1CC. The van der Waals surface area contributed by atoms with Crippen LogP contribution in [0.5, 0.6) is 0 Å². The number of likely N-dealkylation sites (N-methyl/N-ethyl adjacent to an activating group) is 2. The summed E-state index contributed by atoms with van der Waals surface area (Å²) in [5.74, 6) is 1.12. The van der Waals surface area contributed by atoms with Crippen LogP contribution in [0.4, 0.5) is 5.82 Å². The van der Waals surface area contributed by atoms with E-state index >= 15 is 0 Å². The molecule has 4 nitrogen and oxygen atoms in total. The molecule has 0 amide bonds. The van der Waals surface area contributed by atoms with E-state index < -0.39 is 0 Å². The topological polar surface area (TPSA) is 31.4 Å². The molecular formula is C17H30N4. The predicted octanol–water partition coefficient (Wildman–Crippen LogP) is 2.67. The van der Waals surface area contributed by atoms with Gasteiger partial charge in [-0.05, 0) is 45.5 Å². The van der Waals surface area contributed by atoms with Gasteiger partial charge in [0.1, 0.15) is 5.82 Å². The molecule has 0 aliphatic carbocycles. The first-order valence-corrected chi connectivity index (χ1v) is 8.30. The highest BCUT2D eigenvalue weighted by Crippen LogP contribution is 2.25. The number of pyridine rings is 1. The van der Waals surface area contributed by atoms with Gasteiger partial charge in [0.25, 0.3) is 0 Å². The van der Waals surface area contributed by atoms with Crippen LogP contribution in [0.2, 0.25) is 0 Å². The molecule has 1 fully saturated rings. The zero-order chi connectivity index (χ0) is 15.2. The molecule has 2 atom stereocenters. The highest BCUT2D eigenvalue weighted by Gasteiger charge is 2.25. The monoisotopic (exact) mass is 290 g/mol. The van der Waals surface area contributed by atoms with Crippen LogP contribution >= 0.6 is 0 Å². The molecule has 4 heteroatoms. The minimum Gasteiger partial charge on any atom is -0.358 e. The number of aromatic nitrogens is 1. The molecule has 1 aliphatic rings. The Bertz CT molecular complexity index is 435. The molecule has 1 aliphatic heterocycles. The van der Waals surface area contributed by atoms with Crippen LogP contribution in [0.1, 0.15) is 45.2 Å². The zero-order valence-electron chi connectivity index (χ0n) is 14.0. The molecule has 1 aromatic heterocycles. The van der Waals surface area contributed by atoms with E-state index in [2.05, 4.69) is 54.0 Å². The molecule has 2 rings (SSSR count). The lowest BCUT2D eigenvalue weighted by Crippen LogP contribution is -2.39. The summed E-state index contributed by atoms with van der Waals surface area (Å²) in [6, 6.07) is 5.24. The van der Waals surface area contributed by atoms with E-state index in [4.69, 9.17) is 0 Å². The summed E-state index contributed by atoms with van der Waals surface area (Å²) in [7, 11) is 2.18. The van der Waals surface area contributed by atoms with Crippen molar-refractivity contribution in [1.29, 1.82) is 0 Å². The van der Waals surface area contributed by atoms with Crippen molar-refractivity contribution in [2.45, 2.75) is 45.7 Å². The third-order valence-corrected chi connectivity index (χ3v) is 4.55. The normalized spacial score (nSPS) is 20.7. The molecule has 21 heavy (non-hydrogen) atoms. The quantitative estimate of drug-likeness (QED) is 0.836. The average Bonchev–Trinajstić information content (AvgIpc) is 2.94. The number of nitrogens with zero attached hydrogens (tertiary/aromatic N) is 3. The maximum atomic E-state index is 4.64. The fraction of sp³-hybridized carbons (Fsp3) is 0.706. The van der Waals surface area contributed by atoms with E-state index in [0.717, 1.165) is 25.5 Å². The van der Waals surface area contributed by atoms with E-state index in [0.29, 0.717) is 12.1 Å². The first kappa shape index (κ1) is 16.2. The van der Waals surface area contributed by atoms with Gasteiger partial charge in [-0.25, -0.2) is 4.98 Å². The Labute approximate surface area is 129 Å². The first-order valence-electron chi connectivity index (χ1n) is 8.30. The molecule has 0 aromatic carbocycles. The van der Waals surface area contributed by atoms with Crippen molar-refractivity contribution in [3.05, 3.63) is 23.9 Å². The molecular weight excluding hydrogens is 260 g/mol. The number of hydrogen-bond acceptors (Lipinski definition) is 4. The summed E-state index contributed by atoms with van der Waals surface area (Å²) in [5.41, 5.74) is 1.29. The molecule has 0 radical (unpaired) electrons. The summed E-state index contributed by atoms with van der Waals surface area (Å²) in [6.45, 7) is 11.1. The van der Waals surface area contributed by atoms with Crippen LogP contribution in [0.3, 0.4) is 0 Å². The van der Waals surface area contributed by atoms with Gasteiger partial charge < -0.3 is 10.2 Å². The first-order chi connectivity index (χ1) is 10.2. The van der Waals surface area contributed by atoms with Gasteiger partial charge >= 0.3 is 0 Å². The lowest BCUT2D eigenvalue weighted by Gasteiger charge is -2.30. The number of rotatable bonds is 7. The minimum absolute atomic E-state index is 0.340. The lowest BCUT2D eigenvalue weighted by molar-refractivity contribution is 0.270. The Morgan fingerprint density at radius 2 is 2.29 bits per heavy atom. The summed E-state index contributed by atoms with van der Waals surface area (Å²) in [5, 5.41) is 3.49. The fourth-order valence-electron chi connectivity index (χ4n) is 3.40. The van der Waals surface area contributed by atoms with Crippen LogP contribution < -0.4 is 10.2 Å². The summed E-state index contributed by atoms with van der Waals surface area (Å²) in [6.07, 6.45) is 4.54. The van der Waals surface area contributed by atoms with E-state index in [1.165, 1.54) is 24.9 Å².